The lowest BCUT2D eigenvalue weighted by Crippen LogP contribution is -2.44. The molecule has 0 saturated heterocycles. The zero-order valence-corrected chi connectivity index (χ0v) is 13.6. The molecule has 1 amide bonds. The number of amides is 1. The van der Waals surface area contributed by atoms with Crippen molar-refractivity contribution in [2.45, 2.75) is 45.7 Å². The molecule has 0 aliphatic carbocycles. The maximum absolute atomic E-state index is 12.0. The van der Waals surface area contributed by atoms with Crippen LogP contribution in [0.5, 0.6) is 0 Å². The molecule has 0 fully saturated rings. The first kappa shape index (κ1) is 17.7. The van der Waals surface area contributed by atoms with E-state index in [1.807, 2.05) is 24.4 Å². The fourth-order valence-corrected chi connectivity index (χ4v) is 3.03. The minimum absolute atomic E-state index is 0.0194. The van der Waals surface area contributed by atoms with E-state index in [0.29, 0.717) is 6.42 Å². The summed E-state index contributed by atoms with van der Waals surface area (Å²) < 4.78 is 0. The van der Waals surface area contributed by atoms with Gasteiger partial charge in [0.1, 0.15) is 6.04 Å². The molecule has 1 heterocycles. The van der Waals surface area contributed by atoms with Gasteiger partial charge in [-0.15, -0.1) is 11.3 Å². The molecule has 118 valence electrons. The lowest BCUT2D eigenvalue weighted by molar-refractivity contribution is -0.139. The maximum atomic E-state index is 12.0. The van der Waals surface area contributed by atoms with Crippen molar-refractivity contribution in [3.63, 3.8) is 0 Å². The maximum Gasteiger partial charge on any atom is 0.320 e. The number of nitrogens with one attached hydrogen (secondary N) is 2. The van der Waals surface area contributed by atoms with E-state index in [2.05, 4.69) is 24.5 Å². The van der Waals surface area contributed by atoms with Crippen LogP contribution >= 0.6 is 11.3 Å². The molecule has 3 N–H and O–H groups in total. The molecule has 1 aromatic heterocycles. The largest absolute Gasteiger partial charge is 0.480 e. The van der Waals surface area contributed by atoms with Crippen molar-refractivity contribution in [2.24, 2.45) is 5.92 Å². The highest BCUT2D eigenvalue weighted by atomic mass is 32.1. The summed E-state index contributed by atoms with van der Waals surface area (Å²) in [5, 5.41) is 16.8. The second-order valence-corrected chi connectivity index (χ2v) is 6.34. The van der Waals surface area contributed by atoms with Gasteiger partial charge in [-0.3, -0.25) is 14.9 Å². The third-order valence-corrected chi connectivity index (χ3v) is 4.17. The van der Waals surface area contributed by atoms with E-state index in [1.54, 1.807) is 11.3 Å². The SMILES string of the molecule is CCCC(NCC(=O)NC(c1cccs1)C(C)C)C(=O)O. The van der Waals surface area contributed by atoms with Crippen LogP contribution in [0.2, 0.25) is 0 Å². The van der Waals surface area contributed by atoms with Crippen LogP contribution in [0, 0.1) is 5.92 Å². The van der Waals surface area contributed by atoms with Crippen molar-refractivity contribution < 1.29 is 14.7 Å². The van der Waals surface area contributed by atoms with Crippen LogP contribution in [-0.2, 0) is 9.59 Å². The number of aliphatic carboxylic acids is 1. The smallest absolute Gasteiger partial charge is 0.320 e. The van der Waals surface area contributed by atoms with Crippen molar-refractivity contribution in [3.05, 3.63) is 22.4 Å². The number of rotatable bonds is 9. The van der Waals surface area contributed by atoms with Crippen molar-refractivity contribution in [3.8, 4) is 0 Å². The summed E-state index contributed by atoms with van der Waals surface area (Å²) in [5.74, 6) is -0.814. The Morgan fingerprint density at radius 1 is 1.38 bits per heavy atom. The molecular formula is C15H24N2O3S. The molecule has 1 aromatic rings. The Balaban J connectivity index is 2.53. The van der Waals surface area contributed by atoms with Crippen LogP contribution in [0.3, 0.4) is 0 Å². The normalized spacial score (nSPS) is 13.9. The summed E-state index contributed by atoms with van der Waals surface area (Å²) in [7, 11) is 0. The van der Waals surface area contributed by atoms with Gasteiger partial charge < -0.3 is 10.4 Å². The molecule has 0 saturated carbocycles. The summed E-state index contributed by atoms with van der Waals surface area (Å²) in [6.07, 6.45) is 1.27. The van der Waals surface area contributed by atoms with Gasteiger partial charge in [0.25, 0.3) is 0 Å². The summed E-state index contributed by atoms with van der Waals surface area (Å²) >= 11 is 1.61. The molecule has 0 radical (unpaired) electrons. The average Bonchev–Trinajstić information content (AvgIpc) is 2.93. The zero-order chi connectivity index (χ0) is 15.8. The Morgan fingerprint density at radius 2 is 2.10 bits per heavy atom. The van der Waals surface area contributed by atoms with Crippen LogP contribution in [0.1, 0.15) is 44.5 Å². The molecule has 21 heavy (non-hydrogen) atoms. The highest BCUT2D eigenvalue weighted by Crippen LogP contribution is 2.25. The molecule has 2 unspecified atom stereocenters. The Hall–Kier alpha value is -1.40. The number of hydrogen-bond acceptors (Lipinski definition) is 4. The standard InChI is InChI=1S/C15H24N2O3S/c1-4-6-11(15(19)20)16-9-13(18)17-14(10(2)3)12-7-5-8-21-12/h5,7-8,10-11,14,16H,4,6,9H2,1-3H3,(H,17,18)(H,19,20). The van der Waals surface area contributed by atoms with Gasteiger partial charge in [0, 0.05) is 4.88 Å². The molecule has 5 nitrogen and oxygen atoms in total. The van der Waals surface area contributed by atoms with Crippen LogP contribution in [0.25, 0.3) is 0 Å². The topological polar surface area (TPSA) is 78.4 Å². The second-order valence-electron chi connectivity index (χ2n) is 5.37. The average molecular weight is 312 g/mol. The van der Waals surface area contributed by atoms with Gasteiger partial charge in [-0.1, -0.05) is 33.3 Å². The van der Waals surface area contributed by atoms with Crippen molar-refractivity contribution in [2.75, 3.05) is 6.54 Å². The number of carbonyl (C=O) groups excluding carboxylic acids is 1. The Labute approximate surface area is 129 Å². The van der Waals surface area contributed by atoms with Crippen molar-refractivity contribution >= 4 is 23.2 Å². The van der Waals surface area contributed by atoms with Crippen molar-refractivity contribution in [1.29, 1.82) is 0 Å². The summed E-state index contributed by atoms with van der Waals surface area (Å²) in [5.41, 5.74) is 0. The quantitative estimate of drug-likeness (QED) is 0.654. The molecule has 0 aliphatic heterocycles. The molecule has 0 bridgehead atoms. The first-order chi connectivity index (χ1) is 9.95. The van der Waals surface area contributed by atoms with E-state index in [4.69, 9.17) is 5.11 Å². The van der Waals surface area contributed by atoms with Gasteiger partial charge in [-0.25, -0.2) is 0 Å². The number of carboxylic acids is 1. The summed E-state index contributed by atoms with van der Waals surface area (Å²) in [6, 6.07) is 3.26. The predicted molar refractivity (Wildman–Crippen MR) is 84.4 cm³/mol. The zero-order valence-electron chi connectivity index (χ0n) is 12.8. The predicted octanol–water partition coefficient (Wildman–Crippen LogP) is 2.40. The second kappa shape index (κ2) is 8.79. The molecule has 6 heteroatoms. The molecule has 0 aliphatic rings. The first-order valence-corrected chi connectivity index (χ1v) is 8.12. The van der Waals surface area contributed by atoms with E-state index in [1.165, 1.54) is 0 Å². The number of thiophene rings is 1. The van der Waals surface area contributed by atoms with Crippen LogP contribution in [0.4, 0.5) is 0 Å². The van der Waals surface area contributed by atoms with Gasteiger partial charge in [0.2, 0.25) is 5.91 Å². The third kappa shape index (κ3) is 5.85. The van der Waals surface area contributed by atoms with E-state index < -0.39 is 12.0 Å². The van der Waals surface area contributed by atoms with Gasteiger partial charge in [-0.05, 0) is 23.8 Å². The fraction of sp³-hybridized carbons (Fsp3) is 0.600. The fourth-order valence-electron chi connectivity index (χ4n) is 2.08. The highest BCUT2D eigenvalue weighted by molar-refractivity contribution is 7.10. The van der Waals surface area contributed by atoms with E-state index in [9.17, 15) is 9.59 Å². The molecule has 1 rings (SSSR count). The van der Waals surface area contributed by atoms with Crippen LogP contribution in [-0.4, -0.2) is 29.6 Å². The summed E-state index contributed by atoms with van der Waals surface area (Å²) in [4.78, 5) is 24.2. The third-order valence-electron chi connectivity index (χ3n) is 3.22. The van der Waals surface area contributed by atoms with Gasteiger partial charge >= 0.3 is 5.97 Å². The van der Waals surface area contributed by atoms with E-state index >= 15 is 0 Å². The monoisotopic (exact) mass is 312 g/mol. The van der Waals surface area contributed by atoms with E-state index in [-0.39, 0.29) is 24.4 Å². The first-order valence-electron chi connectivity index (χ1n) is 7.24. The van der Waals surface area contributed by atoms with E-state index in [0.717, 1.165) is 11.3 Å². The minimum Gasteiger partial charge on any atom is -0.480 e. The molecule has 0 spiro atoms. The van der Waals surface area contributed by atoms with Gasteiger partial charge in [0.05, 0.1) is 12.6 Å². The highest BCUT2D eigenvalue weighted by Gasteiger charge is 2.21. The van der Waals surface area contributed by atoms with Gasteiger partial charge in [0.15, 0.2) is 0 Å². The molecule has 0 aromatic carbocycles. The number of carbonyl (C=O) groups is 2. The Morgan fingerprint density at radius 3 is 2.57 bits per heavy atom. The lowest BCUT2D eigenvalue weighted by atomic mass is 10.0. The molecular weight excluding hydrogens is 288 g/mol. The minimum atomic E-state index is -0.914. The van der Waals surface area contributed by atoms with Crippen molar-refractivity contribution in [1.82, 2.24) is 10.6 Å². The number of carboxylic acid groups (broad SMARTS) is 1. The molecule has 2 atom stereocenters. The summed E-state index contributed by atoms with van der Waals surface area (Å²) in [6.45, 7) is 6.04. The Bertz CT molecular complexity index is 446. The van der Waals surface area contributed by atoms with Crippen LogP contribution in [0.15, 0.2) is 17.5 Å². The lowest BCUT2D eigenvalue weighted by Gasteiger charge is -2.22. The van der Waals surface area contributed by atoms with Gasteiger partial charge in [-0.2, -0.15) is 0 Å². The van der Waals surface area contributed by atoms with Crippen LogP contribution < -0.4 is 10.6 Å². The number of hydrogen-bond donors (Lipinski definition) is 3. The Kier molecular flexibility index (Phi) is 7.39.